The molecule has 1 heterocycles. The summed E-state index contributed by atoms with van der Waals surface area (Å²) in [7, 11) is 0. The van der Waals surface area contributed by atoms with Gasteiger partial charge in [0.2, 0.25) is 5.91 Å². The molecule has 2 aromatic rings. The summed E-state index contributed by atoms with van der Waals surface area (Å²) < 4.78 is 1.61. The molecule has 0 aliphatic heterocycles. The van der Waals surface area contributed by atoms with Crippen molar-refractivity contribution in [2.75, 3.05) is 5.32 Å². The number of hydrogen-bond donors (Lipinski definition) is 1. The fraction of sp³-hybridized carbons (Fsp3) is 0.143. The maximum Gasteiger partial charge on any atom is 0.244 e. The number of amides is 1. The fourth-order valence-corrected chi connectivity index (χ4v) is 1.98. The van der Waals surface area contributed by atoms with E-state index >= 15 is 0 Å². The lowest BCUT2D eigenvalue weighted by Crippen LogP contribution is -2.20. The topological polar surface area (TPSA) is 51.1 Å². The normalized spacial score (nSPS) is 10.2. The van der Waals surface area contributed by atoms with E-state index in [2.05, 4.69) is 5.32 Å². The van der Waals surface area contributed by atoms with Crippen LogP contribution < -0.4 is 5.32 Å². The molecule has 98 valence electrons. The second kappa shape index (κ2) is 5.71. The first-order valence-corrected chi connectivity index (χ1v) is 6.15. The van der Waals surface area contributed by atoms with E-state index in [9.17, 15) is 9.59 Å². The molecule has 2 rings (SSSR count). The predicted octanol–water partition coefficient (Wildman–Crippen LogP) is 2.98. The summed E-state index contributed by atoms with van der Waals surface area (Å²) in [6.07, 6.45) is 1.70. The van der Waals surface area contributed by atoms with Gasteiger partial charge in [0, 0.05) is 23.8 Å². The highest BCUT2D eigenvalue weighted by molar-refractivity contribution is 6.30. The van der Waals surface area contributed by atoms with E-state index in [1.165, 1.54) is 6.92 Å². The Bertz CT molecular complexity index is 619. The number of anilines is 1. The number of carbonyl (C=O) groups is 2. The summed E-state index contributed by atoms with van der Waals surface area (Å²) in [5.74, 6) is -0.276. The van der Waals surface area contributed by atoms with Crippen LogP contribution in [0, 0.1) is 0 Å². The van der Waals surface area contributed by atoms with E-state index in [1.54, 1.807) is 47.2 Å². The van der Waals surface area contributed by atoms with Crippen LogP contribution in [0.4, 0.5) is 5.69 Å². The van der Waals surface area contributed by atoms with E-state index in [0.29, 0.717) is 16.4 Å². The highest BCUT2D eigenvalue weighted by Crippen LogP contribution is 2.15. The van der Waals surface area contributed by atoms with Gasteiger partial charge in [-0.25, -0.2) is 0 Å². The van der Waals surface area contributed by atoms with Crippen LogP contribution in [-0.2, 0) is 11.3 Å². The number of carbonyl (C=O) groups excluding carboxylic acids is 2. The molecule has 0 atom stereocenters. The van der Waals surface area contributed by atoms with Crippen molar-refractivity contribution >= 4 is 29.0 Å². The third-order valence-corrected chi connectivity index (χ3v) is 2.85. The van der Waals surface area contributed by atoms with Gasteiger partial charge >= 0.3 is 0 Å². The summed E-state index contributed by atoms with van der Waals surface area (Å²) in [6.45, 7) is 1.56. The van der Waals surface area contributed by atoms with Crippen molar-refractivity contribution in [3.05, 3.63) is 53.3 Å². The van der Waals surface area contributed by atoms with Gasteiger partial charge in [-0.1, -0.05) is 17.7 Å². The Hall–Kier alpha value is -2.07. The molecule has 0 aliphatic carbocycles. The van der Waals surface area contributed by atoms with E-state index in [0.717, 1.165) is 0 Å². The molecule has 1 aromatic carbocycles. The molecule has 0 aliphatic rings. The van der Waals surface area contributed by atoms with E-state index in [-0.39, 0.29) is 18.2 Å². The number of aromatic nitrogens is 1. The molecule has 0 unspecified atom stereocenters. The van der Waals surface area contributed by atoms with Crippen LogP contribution >= 0.6 is 11.6 Å². The molecule has 1 amide bonds. The first-order chi connectivity index (χ1) is 9.06. The number of nitrogens with one attached hydrogen (secondary N) is 1. The van der Waals surface area contributed by atoms with Gasteiger partial charge in [-0.2, -0.15) is 0 Å². The van der Waals surface area contributed by atoms with Crippen LogP contribution in [0.2, 0.25) is 5.02 Å². The largest absolute Gasteiger partial charge is 0.336 e. The summed E-state index contributed by atoms with van der Waals surface area (Å²) in [5.41, 5.74) is 1.15. The summed E-state index contributed by atoms with van der Waals surface area (Å²) >= 11 is 5.84. The minimum Gasteiger partial charge on any atom is -0.336 e. The van der Waals surface area contributed by atoms with E-state index in [4.69, 9.17) is 11.6 Å². The maximum absolute atomic E-state index is 11.9. The zero-order valence-electron chi connectivity index (χ0n) is 10.4. The quantitative estimate of drug-likeness (QED) is 0.873. The third-order valence-electron chi connectivity index (χ3n) is 2.61. The monoisotopic (exact) mass is 276 g/mol. The summed E-state index contributed by atoms with van der Waals surface area (Å²) in [4.78, 5) is 23.2. The molecule has 0 saturated carbocycles. The second-order valence-electron chi connectivity index (χ2n) is 4.14. The number of rotatable bonds is 4. The Morgan fingerprint density at radius 2 is 2.05 bits per heavy atom. The second-order valence-corrected chi connectivity index (χ2v) is 4.57. The highest BCUT2D eigenvalue weighted by Gasteiger charge is 2.09. The average molecular weight is 277 g/mol. The Morgan fingerprint density at radius 1 is 1.26 bits per heavy atom. The minimum absolute atomic E-state index is 0.0689. The van der Waals surface area contributed by atoms with Crippen LogP contribution in [0.3, 0.4) is 0 Å². The molecule has 0 spiro atoms. The lowest BCUT2D eigenvalue weighted by molar-refractivity contribution is -0.116. The first kappa shape index (κ1) is 13.4. The van der Waals surface area contributed by atoms with Gasteiger partial charge in [0.05, 0.1) is 5.69 Å². The number of benzene rings is 1. The molecular formula is C14H13ClN2O2. The third kappa shape index (κ3) is 3.45. The lowest BCUT2D eigenvalue weighted by Gasteiger charge is -2.08. The molecular weight excluding hydrogens is 264 g/mol. The van der Waals surface area contributed by atoms with Gasteiger partial charge in [0.25, 0.3) is 0 Å². The van der Waals surface area contributed by atoms with Crippen molar-refractivity contribution in [2.24, 2.45) is 0 Å². The van der Waals surface area contributed by atoms with Gasteiger partial charge in [-0.05, 0) is 30.3 Å². The molecule has 1 N–H and O–H groups in total. The number of Topliss-reactive ketones (excluding diaryl/α,β-unsaturated/α-hetero) is 1. The minimum atomic E-state index is -0.207. The van der Waals surface area contributed by atoms with Crippen molar-refractivity contribution in [1.82, 2.24) is 4.57 Å². The van der Waals surface area contributed by atoms with Crippen LogP contribution in [0.1, 0.15) is 17.4 Å². The molecule has 0 fully saturated rings. The molecule has 1 aromatic heterocycles. The molecule has 4 nitrogen and oxygen atoms in total. The SMILES string of the molecule is CC(=O)c1cccn1CC(=O)Nc1cccc(Cl)c1. The number of hydrogen-bond acceptors (Lipinski definition) is 2. The van der Waals surface area contributed by atoms with Crippen molar-refractivity contribution in [2.45, 2.75) is 13.5 Å². The molecule has 19 heavy (non-hydrogen) atoms. The van der Waals surface area contributed by atoms with Crippen LogP contribution in [-0.4, -0.2) is 16.3 Å². The van der Waals surface area contributed by atoms with Gasteiger partial charge < -0.3 is 9.88 Å². The predicted molar refractivity (Wildman–Crippen MR) is 74.5 cm³/mol. The van der Waals surface area contributed by atoms with Gasteiger partial charge in [0.15, 0.2) is 5.78 Å². The van der Waals surface area contributed by atoms with Gasteiger partial charge in [0.1, 0.15) is 6.54 Å². The van der Waals surface area contributed by atoms with Crippen molar-refractivity contribution in [1.29, 1.82) is 0 Å². The van der Waals surface area contributed by atoms with Crippen molar-refractivity contribution in [3.63, 3.8) is 0 Å². The zero-order chi connectivity index (χ0) is 13.8. The highest BCUT2D eigenvalue weighted by atomic mass is 35.5. The standard InChI is InChI=1S/C14H13ClN2O2/c1-10(18)13-6-3-7-17(13)9-14(19)16-12-5-2-4-11(15)8-12/h2-8H,9H2,1H3,(H,16,19). The number of halogens is 1. The molecule has 0 bridgehead atoms. The molecule has 5 heteroatoms. The fourth-order valence-electron chi connectivity index (χ4n) is 1.79. The average Bonchev–Trinajstić information content (AvgIpc) is 2.76. The molecule has 0 radical (unpaired) electrons. The number of nitrogens with zero attached hydrogens (tertiary/aromatic N) is 1. The van der Waals surface area contributed by atoms with Gasteiger partial charge in [-0.15, -0.1) is 0 Å². The number of ketones is 1. The van der Waals surface area contributed by atoms with Crippen molar-refractivity contribution in [3.8, 4) is 0 Å². The lowest BCUT2D eigenvalue weighted by atomic mass is 10.3. The first-order valence-electron chi connectivity index (χ1n) is 5.78. The summed E-state index contributed by atoms with van der Waals surface area (Å²) in [5, 5.41) is 3.29. The van der Waals surface area contributed by atoms with Crippen LogP contribution in [0.25, 0.3) is 0 Å². The van der Waals surface area contributed by atoms with E-state index in [1.807, 2.05) is 0 Å². The van der Waals surface area contributed by atoms with Crippen LogP contribution in [0.5, 0.6) is 0 Å². The summed E-state index contributed by atoms with van der Waals surface area (Å²) in [6, 6.07) is 10.3. The maximum atomic E-state index is 11.9. The Labute approximate surface area is 116 Å². The smallest absolute Gasteiger partial charge is 0.244 e. The van der Waals surface area contributed by atoms with Crippen LogP contribution in [0.15, 0.2) is 42.6 Å². The van der Waals surface area contributed by atoms with Gasteiger partial charge in [-0.3, -0.25) is 9.59 Å². The Morgan fingerprint density at radius 3 is 2.74 bits per heavy atom. The zero-order valence-corrected chi connectivity index (χ0v) is 11.1. The Balaban J connectivity index is 2.05. The van der Waals surface area contributed by atoms with Crippen molar-refractivity contribution < 1.29 is 9.59 Å². The molecule has 0 saturated heterocycles. The Kier molecular flexibility index (Phi) is 4.02. The van der Waals surface area contributed by atoms with E-state index < -0.39 is 0 Å².